The van der Waals surface area contributed by atoms with E-state index >= 15 is 8.78 Å². The third-order valence-corrected chi connectivity index (χ3v) is 9.41. The van der Waals surface area contributed by atoms with Crippen molar-refractivity contribution < 1.29 is 17.9 Å². The van der Waals surface area contributed by atoms with Crippen LogP contribution in [0.1, 0.15) is 49.9 Å². The summed E-state index contributed by atoms with van der Waals surface area (Å²) >= 11 is 0. The van der Waals surface area contributed by atoms with Crippen molar-refractivity contribution in [3.05, 3.63) is 59.3 Å². The fourth-order valence-electron chi connectivity index (χ4n) is 7.71. The summed E-state index contributed by atoms with van der Waals surface area (Å²) in [5, 5.41) is 1.17. The van der Waals surface area contributed by atoms with Gasteiger partial charge in [-0.05, 0) is 62.7 Å². The summed E-state index contributed by atoms with van der Waals surface area (Å²) in [5.74, 6) is -0.275. The van der Waals surface area contributed by atoms with Crippen LogP contribution in [0, 0.1) is 11.8 Å². The number of hydrogen-bond donors (Lipinski definition) is 1. The van der Waals surface area contributed by atoms with Crippen LogP contribution >= 0.6 is 0 Å². The number of alkyl halides is 2. The number of aromatic nitrogens is 1. The van der Waals surface area contributed by atoms with E-state index < -0.39 is 17.9 Å². The first kappa shape index (κ1) is 22.9. The quantitative estimate of drug-likeness (QED) is 0.527. The van der Waals surface area contributed by atoms with Gasteiger partial charge in [0, 0.05) is 53.9 Å². The van der Waals surface area contributed by atoms with Gasteiger partial charge in [0.15, 0.2) is 0 Å². The molecular formula is C29H34F3N3O. The first-order valence-corrected chi connectivity index (χ1v) is 13.5. The van der Waals surface area contributed by atoms with E-state index in [1.807, 2.05) is 12.1 Å². The first-order chi connectivity index (χ1) is 17.5. The van der Waals surface area contributed by atoms with Gasteiger partial charge in [-0.2, -0.15) is 0 Å². The van der Waals surface area contributed by atoms with Gasteiger partial charge in [-0.15, -0.1) is 0 Å². The van der Waals surface area contributed by atoms with Gasteiger partial charge in [0.05, 0.1) is 18.6 Å². The Bertz CT molecular complexity index is 1210. The lowest BCUT2D eigenvalue weighted by Crippen LogP contribution is -2.72. The van der Waals surface area contributed by atoms with E-state index in [0.717, 1.165) is 42.8 Å². The van der Waals surface area contributed by atoms with Crippen LogP contribution in [0.3, 0.4) is 0 Å². The molecule has 1 aromatic heterocycles. The highest BCUT2D eigenvalue weighted by molar-refractivity contribution is 5.85. The molecule has 3 saturated carbocycles. The molecule has 192 valence electrons. The smallest absolute Gasteiger partial charge is 0.133 e. The topological polar surface area (TPSA) is 31.5 Å². The lowest BCUT2D eigenvalue weighted by Gasteiger charge is -2.70. The molecule has 2 aliphatic heterocycles. The molecule has 0 amide bonds. The van der Waals surface area contributed by atoms with E-state index in [9.17, 15) is 4.39 Å². The molecule has 4 atom stereocenters. The van der Waals surface area contributed by atoms with Gasteiger partial charge >= 0.3 is 0 Å². The second-order valence-corrected chi connectivity index (χ2v) is 11.8. The van der Waals surface area contributed by atoms with Crippen molar-refractivity contribution >= 4 is 10.9 Å². The normalized spacial score (nSPS) is 36.4. The summed E-state index contributed by atoms with van der Waals surface area (Å²) in [5.41, 5.74) is 3.31. The van der Waals surface area contributed by atoms with E-state index in [2.05, 4.69) is 33.8 Å². The predicted octanol–water partition coefficient (Wildman–Crippen LogP) is 5.77. The monoisotopic (exact) mass is 497 g/mol. The number of nitrogens with one attached hydrogen (secondary N) is 1. The number of aromatic amines is 1. The second kappa shape index (κ2) is 8.38. The van der Waals surface area contributed by atoms with Crippen LogP contribution in [0.2, 0.25) is 0 Å². The Morgan fingerprint density at radius 1 is 1.17 bits per heavy atom. The molecule has 0 spiro atoms. The van der Waals surface area contributed by atoms with E-state index in [1.54, 1.807) is 0 Å². The molecule has 36 heavy (non-hydrogen) atoms. The van der Waals surface area contributed by atoms with Crippen molar-refractivity contribution in [2.45, 2.75) is 68.9 Å². The number of allylic oxidation sites excluding steroid dienone is 2. The molecule has 4 fully saturated rings. The number of fused-ring (bicyclic) bond motifs is 3. The van der Waals surface area contributed by atoms with Crippen LogP contribution in [0.15, 0.2) is 48.0 Å². The molecule has 7 heteroatoms. The number of para-hydroxylation sites is 1. The first-order valence-electron chi connectivity index (χ1n) is 13.5. The number of hydrogen-bond acceptors (Lipinski definition) is 3. The summed E-state index contributed by atoms with van der Waals surface area (Å²) in [6.07, 6.45) is 6.13. The summed E-state index contributed by atoms with van der Waals surface area (Å²) in [7, 11) is 0. The maximum absolute atomic E-state index is 16.0. The fraction of sp³-hybridized carbons (Fsp3) is 0.586. The van der Waals surface area contributed by atoms with Crippen LogP contribution in [-0.4, -0.2) is 64.9 Å². The summed E-state index contributed by atoms with van der Waals surface area (Å²) < 4.78 is 50.3. The van der Waals surface area contributed by atoms with Crippen molar-refractivity contribution in [2.24, 2.45) is 11.8 Å². The van der Waals surface area contributed by atoms with Gasteiger partial charge in [-0.25, -0.2) is 8.78 Å². The number of likely N-dealkylation sites (tertiary alicyclic amines) is 1. The van der Waals surface area contributed by atoms with Gasteiger partial charge in [0.25, 0.3) is 0 Å². The Kier molecular flexibility index (Phi) is 5.34. The van der Waals surface area contributed by atoms with Crippen LogP contribution in [0.4, 0.5) is 13.2 Å². The Hall–Kier alpha value is -2.25. The van der Waals surface area contributed by atoms with Crippen molar-refractivity contribution in [3.63, 3.8) is 0 Å². The predicted molar refractivity (Wildman–Crippen MR) is 134 cm³/mol. The molecule has 8 rings (SSSR count). The molecule has 2 bridgehead atoms. The third kappa shape index (κ3) is 3.42. The van der Waals surface area contributed by atoms with E-state index in [4.69, 9.17) is 4.74 Å². The molecule has 2 aromatic rings. The Morgan fingerprint density at radius 3 is 2.64 bits per heavy atom. The molecule has 4 aliphatic carbocycles. The van der Waals surface area contributed by atoms with E-state index in [1.165, 1.54) is 23.1 Å². The van der Waals surface area contributed by atoms with Crippen LogP contribution < -0.4 is 0 Å². The van der Waals surface area contributed by atoms with Crippen LogP contribution in [0.25, 0.3) is 10.9 Å². The van der Waals surface area contributed by atoms with E-state index in [0.29, 0.717) is 26.1 Å². The third-order valence-electron chi connectivity index (χ3n) is 9.41. The highest BCUT2D eigenvalue weighted by Gasteiger charge is 2.64. The zero-order chi connectivity index (χ0) is 24.6. The van der Waals surface area contributed by atoms with Gasteiger partial charge in [0.2, 0.25) is 0 Å². The maximum Gasteiger partial charge on any atom is 0.133 e. The maximum atomic E-state index is 16.0. The number of rotatable bonds is 7. The molecule has 1 N–H and O–H groups in total. The lowest BCUT2D eigenvalue weighted by atomic mass is 9.48. The average molecular weight is 498 g/mol. The number of ether oxygens (including phenoxy) is 1. The van der Waals surface area contributed by atoms with Gasteiger partial charge in [-0.3, -0.25) is 14.2 Å². The molecule has 0 radical (unpaired) electrons. The summed E-state index contributed by atoms with van der Waals surface area (Å²) in [6, 6.07) is 8.06. The largest absolute Gasteiger partial charge is 0.488 e. The average Bonchev–Trinajstić information content (AvgIpc) is 3.12. The van der Waals surface area contributed by atoms with Crippen molar-refractivity contribution in [2.75, 3.05) is 26.3 Å². The van der Waals surface area contributed by atoms with Crippen molar-refractivity contribution in [3.8, 4) is 0 Å². The van der Waals surface area contributed by atoms with Crippen LogP contribution in [-0.2, 0) is 11.2 Å². The number of halogens is 3. The number of nitrogens with zero attached hydrogens (tertiary/aromatic N) is 2. The number of benzene rings is 1. The fourth-order valence-corrected chi connectivity index (χ4v) is 7.71. The van der Waals surface area contributed by atoms with Gasteiger partial charge in [-0.1, -0.05) is 18.2 Å². The lowest BCUT2D eigenvalue weighted by molar-refractivity contribution is -0.189. The van der Waals surface area contributed by atoms with E-state index in [-0.39, 0.29) is 36.2 Å². The van der Waals surface area contributed by atoms with Crippen molar-refractivity contribution in [1.29, 1.82) is 0 Å². The molecule has 3 heterocycles. The summed E-state index contributed by atoms with van der Waals surface area (Å²) in [4.78, 5) is 8.17. The minimum absolute atomic E-state index is 0.0826. The highest BCUT2D eigenvalue weighted by Crippen LogP contribution is 2.65. The minimum Gasteiger partial charge on any atom is -0.488 e. The summed E-state index contributed by atoms with van der Waals surface area (Å²) in [6.45, 7) is 3.93. The Morgan fingerprint density at radius 2 is 1.94 bits per heavy atom. The zero-order valence-electron chi connectivity index (χ0n) is 20.7. The van der Waals surface area contributed by atoms with Crippen molar-refractivity contribution in [1.82, 2.24) is 14.8 Å². The SMILES string of the molecule is C[C@@H]1Cc2c([nH]c3ccccc23)[C@@H](C2C(F)=CC(OC3CN(CCCF)C3)=CC2F)N1C12CC(C1)C2. The minimum atomic E-state index is -1.47. The second-order valence-electron chi connectivity index (χ2n) is 11.8. The number of H-pyrrole nitrogens is 1. The highest BCUT2D eigenvalue weighted by atomic mass is 19.1. The Labute approximate surface area is 210 Å². The van der Waals surface area contributed by atoms with Gasteiger partial charge in [0.1, 0.15) is 23.9 Å². The standard InChI is InChI=1S/C29H34F3N3O/c1-17-9-22-21-5-2-3-6-25(21)33-27(22)28(35(17)29-12-18(13-29)14-29)26-23(31)10-19(11-24(26)32)36-20-15-34(16-20)8-4-7-30/h2-3,5-6,10-11,17-18,20,23,26,28,33H,4,7-9,12-16H2,1H3/t17-,18?,23?,26?,28-,29?/m1/s1. The molecular weight excluding hydrogens is 463 g/mol. The molecule has 4 nitrogen and oxygen atoms in total. The van der Waals surface area contributed by atoms with Gasteiger partial charge < -0.3 is 9.72 Å². The molecule has 1 saturated heterocycles. The van der Waals surface area contributed by atoms with Crippen LogP contribution in [0.5, 0.6) is 0 Å². The Balaban J connectivity index is 1.19. The molecule has 2 unspecified atom stereocenters. The zero-order valence-corrected chi connectivity index (χ0v) is 20.7. The molecule has 6 aliphatic rings. The molecule has 1 aromatic carbocycles.